The molecule has 1 atom stereocenters. The van der Waals surface area contributed by atoms with E-state index in [0.29, 0.717) is 5.92 Å². The summed E-state index contributed by atoms with van der Waals surface area (Å²) in [7, 11) is 1.90. The highest BCUT2D eigenvalue weighted by Gasteiger charge is 2.15. The van der Waals surface area contributed by atoms with Crippen molar-refractivity contribution in [1.29, 1.82) is 0 Å². The largest absolute Gasteiger partial charge is 0.365 e. The second-order valence-electron chi connectivity index (χ2n) is 4.32. The van der Waals surface area contributed by atoms with Gasteiger partial charge in [-0.2, -0.15) is 0 Å². The number of benzene rings is 1. The summed E-state index contributed by atoms with van der Waals surface area (Å²) in [5, 5.41) is 6.18. The number of rotatable bonds is 5. The molecule has 1 N–H and O–H groups in total. The molecule has 0 aliphatic carbocycles. The van der Waals surface area contributed by atoms with Crippen molar-refractivity contribution in [1.82, 2.24) is 4.98 Å². The van der Waals surface area contributed by atoms with Crippen molar-refractivity contribution in [2.75, 3.05) is 12.4 Å². The lowest BCUT2D eigenvalue weighted by Crippen LogP contribution is -2.01. The molecule has 1 heterocycles. The second-order valence-corrected chi connectivity index (χ2v) is 5.17. The summed E-state index contributed by atoms with van der Waals surface area (Å²) in [5.74, 6) is 0.307. The van der Waals surface area contributed by atoms with Crippen LogP contribution in [0.4, 0.5) is 5.13 Å². The maximum absolute atomic E-state index is 4.61. The van der Waals surface area contributed by atoms with E-state index in [1.807, 2.05) is 13.1 Å². The molecule has 0 saturated carbocycles. The Balaban J connectivity index is 2.32. The Morgan fingerprint density at radius 2 is 2.11 bits per heavy atom. The fraction of sp³-hybridized carbons (Fsp3) is 0.267. The van der Waals surface area contributed by atoms with Crippen molar-refractivity contribution in [3.8, 4) is 0 Å². The topological polar surface area (TPSA) is 24.9 Å². The van der Waals surface area contributed by atoms with E-state index in [0.717, 1.165) is 17.2 Å². The second kappa shape index (κ2) is 5.83. The number of aryl methyl sites for hydroxylation is 1. The summed E-state index contributed by atoms with van der Waals surface area (Å²) in [5.41, 5.74) is 3.70. The van der Waals surface area contributed by atoms with Gasteiger partial charge in [-0.25, -0.2) is 4.98 Å². The van der Waals surface area contributed by atoms with Crippen molar-refractivity contribution in [2.45, 2.75) is 19.3 Å². The minimum absolute atomic E-state index is 0.307. The van der Waals surface area contributed by atoms with E-state index < -0.39 is 0 Å². The predicted molar refractivity (Wildman–Crippen MR) is 79.5 cm³/mol. The lowest BCUT2D eigenvalue weighted by molar-refractivity contribution is 0.804. The highest BCUT2D eigenvalue weighted by molar-refractivity contribution is 7.13. The van der Waals surface area contributed by atoms with Crippen LogP contribution in [0.3, 0.4) is 0 Å². The third kappa shape index (κ3) is 2.79. The molecule has 0 aliphatic heterocycles. The van der Waals surface area contributed by atoms with Gasteiger partial charge in [0.1, 0.15) is 0 Å². The summed E-state index contributed by atoms with van der Waals surface area (Å²) in [4.78, 5) is 4.61. The van der Waals surface area contributed by atoms with E-state index in [1.165, 1.54) is 11.1 Å². The third-order valence-electron chi connectivity index (χ3n) is 2.97. The first-order valence-electron chi connectivity index (χ1n) is 6.05. The van der Waals surface area contributed by atoms with Crippen LogP contribution in [-0.2, 0) is 0 Å². The molecule has 0 saturated heterocycles. The molecule has 3 heteroatoms. The minimum Gasteiger partial charge on any atom is -0.365 e. The zero-order valence-electron chi connectivity index (χ0n) is 10.8. The number of aromatic nitrogens is 1. The molecule has 0 amide bonds. The number of nitrogens with one attached hydrogen (secondary N) is 1. The lowest BCUT2D eigenvalue weighted by Gasteiger charge is -2.13. The summed E-state index contributed by atoms with van der Waals surface area (Å²) in [6.45, 7) is 5.96. The van der Waals surface area contributed by atoms with Gasteiger partial charge in [0.25, 0.3) is 0 Å². The number of thiazole rings is 1. The highest BCUT2D eigenvalue weighted by atomic mass is 32.1. The first-order valence-corrected chi connectivity index (χ1v) is 6.93. The molecule has 2 nitrogen and oxygen atoms in total. The van der Waals surface area contributed by atoms with Crippen LogP contribution in [0.25, 0.3) is 0 Å². The summed E-state index contributed by atoms with van der Waals surface area (Å²) >= 11 is 1.65. The molecule has 18 heavy (non-hydrogen) atoms. The molecule has 0 fully saturated rings. The van der Waals surface area contributed by atoms with Crippen LogP contribution < -0.4 is 5.32 Å². The molecular weight excluding hydrogens is 240 g/mol. The number of nitrogens with zero attached hydrogens (tertiary/aromatic N) is 1. The van der Waals surface area contributed by atoms with Gasteiger partial charge in [-0.05, 0) is 18.9 Å². The summed E-state index contributed by atoms with van der Waals surface area (Å²) in [6, 6.07) is 8.66. The van der Waals surface area contributed by atoms with Crippen LogP contribution in [0, 0.1) is 6.92 Å². The lowest BCUT2D eigenvalue weighted by atomic mass is 9.92. The van der Waals surface area contributed by atoms with E-state index >= 15 is 0 Å². The Bertz CT molecular complexity index is 514. The van der Waals surface area contributed by atoms with Crippen molar-refractivity contribution in [3.63, 3.8) is 0 Å². The minimum atomic E-state index is 0.307. The van der Waals surface area contributed by atoms with E-state index in [1.54, 1.807) is 11.3 Å². The molecule has 0 aliphatic rings. The van der Waals surface area contributed by atoms with Crippen LogP contribution in [0.15, 0.2) is 42.3 Å². The average Bonchev–Trinajstić information content (AvgIpc) is 2.86. The Kier molecular flexibility index (Phi) is 4.15. The SMILES string of the molecule is C=CCC(c1ccc(C)cc1)c1csc(NC)n1. The Labute approximate surface area is 112 Å². The van der Waals surface area contributed by atoms with E-state index in [-0.39, 0.29) is 0 Å². The zero-order valence-corrected chi connectivity index (χ0v) is 11.6. The van der Waals surface area contributed by atoms with Gasteiger partial charge >= 0.3 is 0 Å². The monoisotopic (exact) mass is 258 g/mol. The van der Waals surface area contributed by atoms with Gasteiger partial charge in [0.05, 0.1) is 5.69 Å². The molecule has 0 spiro atoms. The molecule has 1 aromatic carbocycles. The quantitative estimate of drug-likeness (QED) is 0.813. The van der Waals surface area contributed by atoms with E-state index in [9.17, 15) is 0 Å². The van der Waals surface area contributed by atoms with Crippen LogP contribution in [-0.4, -0.2) is 12.0 Å². The normalized spacial score (nSPS) is 12.1. The Hall–Kier alpha value is -1.61. The van der Waals surface area contributed by atoms with E-state index in [2.05, 4.69) is 53.4 Å². The van der Waals surface area contributed by atoms with Gasteiger partial charge in [0.15, 0.2) is 5.13 Å². The molecule has 1 unspecified atom stereocenters. The Morgan fingerprint density at radius 1 is 1.39 bits per heavy atom. The van der Waals surface area contributed by atoms with Gasteiger partial charge in [-0.3, -0.25) is 0 Å². The molecule has 2 rings (SSSR count). The van der Waals surface area contributed by atoms with Gasteiger partial charge < -0.3 is 5.32 Å². The molecule has 2 aromatic rings. The number of hydrogen-bond acceptors (Lipinski definition) is 3. The van der Waals surface area contributed by atoms with Gasteiger partial charge in [0, 0.05) is 18.3 Å². The van der Waals surface area contributed by atoms with Crippen molar-refractivity contribution in [3.05, 3.63) is 59.1 Å². The molecule has 0 bridgehead atoms. The van der Waals surface area contributed by atoms with Crippen LogP contribution in [0.2, 0.25) is 0 Å². The van der Waals surface area contributed by atoms with Crippen molar-refractivity contribution >= 4 is 16.5 Å². The van der Waals surface area contributed by atoms with Crippen LogP contribution >= 0.6 is 11.3 Å². The van der Waals surface area contributed by atoms with Gasteiger partial charge in [-0.15, -0.1) is 17.9 Å². The molecular formula is C15H18N2S. The fourth-order valence-electron chi connectivity index (χ4n) is 1.95. The van der Waals surface area contributed by atoms with E-state index in [4.69, 9.17) is 0 Å². The smallest absolute Gasteiger partial charge is 0.182 e. The van der Waals surface area contributed by atoms with Crippen LogP contribution in [0.1, 0.15) is 29.2 Å². The number of anilines is 1. The first-order chi connectivity index (χ1) is 8.74. The predicted octanol–water partition coefficient (Wildman–Crippen LogP) is 4.20. The zero-order chi connectivity index (χ0) is 13.0. The molecule has 0 radical (unpaired) electrons. The first kappa shape index (κ1) is 12.8. The van der Waals surface area contributed by atoms with Crippen molar-refractivity contribution in [2.24, 2.45) is 0 Å². The average molecular weight is 258 g/mol. The maximum Gasteiger partial charge on any atom is 0.182 e. The fourth-order valence-corrected chi connectivity index (χ4v) is 2.68. The van der Waals surface area contributed by atoms with Gasteiger partial charge in [-0.1, -0.05) is 35.9 Å². The van der Waals surface area contributed by atoms with Crippen LogP contribution in [0.5, 0.6) is 0 Å². The number of hydrogen-bond donors (Lipinski definition) is 1. The maximum atomic E-state index is 4.61. The highest BCUT2D eigenvalue weighted by Crippen LogP contribution is 2.30. The standard InChI is InChI=1S/C15H18N2S/c1-4-5-13(12-8-6-11(2)7-9-12)14-10-18-15(16-3)17-14/h4,6-10,13H,1,5H2,2-3H3,(H,16,17). The summed E-state index contributed by atoms with van der Waals surface area (Å²) < 4.78 is 0. The number of allylic oxidation sites excluding steroid dienone is 1. The molecule has 1 aromatic heterocycles. The third-order valence-corrected chi connectivity index (χ3v) is 3.85. The Morgan fingerprint density at radius 3 is 2.67 bits per heavy atom. The summed E-state index contributed by atoms with van der Waals surface area (Å²) in [6.07, 6.45) is 2.87. The molecule has 94 valence electrons. The van der Waals surface area contributed by atoms with Gasteiger partial charge in [0.2, 0.25) is 0 Å². The van der Waals surface area contributed by atoms with Crippen molar-refractivity contribution < 1.29 is 0 Å².